The molecule has 0 spiro atoms. The van der Waals surface area contributed by atoms with Crippen LogP contribution in [0.15, 0.2) is 71.7 Å². The van der Waals surface area contributed by atoms with Crippen molar-refractivity contribution < 1.29 is 9.18 Å². The molecule has 5 aromatic rings. The topological polar surface area (TPSA) is 64.0 Å². The zero-order valence-corrected chi connectivity index (χ0v) is 18.9. The van der Waals surface area contributed by atoms with Gasteiger partial charge in [-0.2, -0.15) is 0 Å². The first-order chi connectivity index (χ1) is 15.9. The smallest absolute Gasteiger partial charge is 0.261 e. The summed E-state index contributed by atoms with van der Waals surface area (Å²) in [6.07, 6.45) is 1.52. The Morgan fingerprint density at radius 2 is 1.88 bits per heavy atom. The van der Waals surface area contributed by atoms with E-state index < -0.39 is 17.2 Å². The molecule has 0 fully saturated rings. The summed E-state index contributed by atoms with van der Waals surface area (Å²) in [5.74, 6) is -1.04. The van der Waals surface area contributed by atoms with Crippen molar-refractivity contribution in [1.82, 2.24) is 9.55 Å². The minimum atomic E-state index is -0.531. The van der Waals surface area contributed by atoms with E-state index in [-0.39, 0.29) is 10.9 Å². The Bertz CT molecular complexity index is 1590. The van der Waals surface area contributed by atoms with E-state index in [2.05, 4.69) is 23.3 Å². The van der Waals surface area contributed by atoms with Gasteiger partial charge in [-0.1, -0.05) is 6.07 Å². The second kappa shape index (κ2) is 8.26. The van der Waals surface area contributed by atoms with Crippen LogP contribution in [-0.4, -0.2) is 15.5 Å². The number of hydrogen-bond acceptors (Lipinski definition) is 4. The molecule has 0 bridgehead atoms. The average molecular weight is 458 g/mol. The molecule has 5 nitrogen and oxygen atoms in total. The highest BCUT2D eigenvalue weighted by Crippen LogP contribution is 2.31. The normalized spacial score (nSPS) is 11.2. The molecule has 0 radical (unpaired) electrons. The number of amides is 1. The molecule has 33 heavy (non-hydrogen) atoms. The lowest BCUT2D eigenvalue weighted by Gasteiger charge is -2.12. The number of benzene rings is 3. The summed E-state index contributed by atoms with van der Waals surface area (Å²) >= 11 is 1.62. The van der Waals surface area contributed by atoms with Crippen molar-refractivity contribution in [2.24, 2.45) is 0 Å². The largest absolute Gasteiger partial charge is 0.347 e. The lowest BCUT2D eigenvalue weighted by atomic mass is 10.1. The Kier molecular flexibility index (Phi) is 5.26. The summed E-state index contributed by atoms with van der Waals surface area (Å²) in [4.78, 5) is 30.5. The van der Waals surface area contributed by atoms with Crippen molar-refractivity contribution in [3.05, 3.63) is 94.0 Å². The second-order valence-corrected chi connectivity index (χ2v) is 8.87. The third-order valence-corrected chi connectivity index (χ3v) is 6.63. The van der Waals surface area contributed by atoms with Crippen molar-refractivity contribution in [2.75, 3.05) is 5.32 Å². The van der Waals surface area contributed by atoms with Crippen LogP contribution in [-0.2, 0) is 6.54 Å². The fourth-order valence-electron chi connectivity index (χ4n) is 3.84. The van der Waals surface area contributed by atoms with Crippen LogP contribution in [0.4, 0.5) is 10.1 Å². The van der Waals surface area contributed by atoms with Gasteiger partial charge in [0.15, 0.2) is 0 Å². The first kappa shape index (κ1) is 21.0. The third kappa shape index (κ3) is 3.91. The summed E-state index contributed by atoms with van der Waals surface area (Å²) < 4.78 is 16.6. The van der Waals surface area contributed by atoms with Gasteiger partial charge in [0.1, 0.15) is 16.4 Å². The van der Waals surface area contributed by atoms with E-state index in [9.17, 15) is 14.0 Å². The highest BCUT2D eigenvalue weighted by Gasteiger charge is 2.16. The van der Waals surface area contributed by atoms with E-state index in [0.29, 0.717) is 17.7 Å². The van der Waals surface area contributed by atoms with Crippen LogP contribution in [0.2, 0.25) is 0 Å². The monoisotopic (exact) mass is 457 g/mol. The molecule has 1 amide bonds. The number of anilines is 1. The predicted molar refractivity (Wildman–Crippen MR) is 132 cm³/mol. The first-order valence-electron chi connectivity index (χ1n) is 10.5. The number of hydrogen-bond donors (Lipinski definition) is 1. The van der Waals surface area contributed by atoms with Crippen LogP contribution in [0, 0.1) is 12.7 Å². The van der Waals surface area contributed by atoms with E-state index in [1.807, 2.05) is 31.2 Å². The molecule has 164 valence electrons. The summed E-state index contributed by atoms with van der Waals surface area (Å²) in [5, 5.41) is 3.86. The molecule has 2 heterocycles. The van der Waals surface area contributed by atoms with Crippen molar-refractivity contribution in [3.63, 3.8) is 0 Å². The summed E-state index contributed by atoms with van der Waals surface area (Å²) in [7, 11) is 0. The maximum absolute atomic E-state index is 13.7. The first-order valence-corrected chi connectivity index (χ1v) is 11.4. The molecule has 0 aliphatic rings. The van der Waals surface area contributed by atoms with Crippen molar-refractivity contribution in [1.29, 1.82) is 0 Å². The Hall–Kier alpha value is -3.84. The van der Waals surface area contributed by atoms with Crippen molar-refractivity contribution >= 4 is 44.1 Å². The van der Waals surface area contributed by atoms with Gasteiger partial charge in [-0.25, -0.2) is 9.37 Å². The second-order valence-electron chi connectivity index (χ2n) is 7.84. The molecular weight excluding hydrogens is 437 g/mol. The molecule has 0 unspecified atom stereocenters. The van der Waals surface area contributed by atoms with E-state index in [0.717, 1.165) is 20.8 Å². The van der Waals surface area contributed by atoms with Crippen LogP contribution in [0.5, 0.6) is 0 Å². The standard InChI is InChI=1S/C26H20FN3O2S/c1-3-30-14-20(24(31)19-13-17(27)7-11-22(19)30)25(32)28-18-8-5-16(6-9-18)26-29-21-10-4-15(2)12-23(21)33-26/h4-14H,3H2,1-2H3,(H,28,32). The van der Waals surface area contributed by atoms with Crippen LogP contribution in [0.3, 0.4) is 0 Å². The number of rotatable bonds is 4. The van der Waals surface area contributed by atoms with Crippen LogP contribution in [0.25, 0.3) is 31.7 Å². The average Bonchev–Trinajstić information content (AvgIpc) is 3.23. The van der Waals surface area contributed by atoms with Gasteiger partial charge in [-0.3, -0.25) is 9.59 Å². The number of pyridine rings is 1. The quantitative estimate of drug-likeness (QED) is 0.360. The number of nitrogens with one attached hydrogen (secondary N) is 1. The zero-order valence-electron chi connectivity index (χ0n) is 18.1. The van der Waals surface area contributed by atoms with E-state index >= 15 is 0 Å². The number of carbonyl (C=O) groups is 1. The fourth-order valence-corrected chi connectivity index (χ4v) is 4.91. The summed E-state index contributed by atoms with van der Waals surface area (Å²) in [6, 6.07) is 17.5. The van der Waals surface area contributed by atoms with Crippen LogP contribution >= 0.6 is 11.3 Å². The van der Waals surface area contributed by atoms with E-state index in [1.54, 1.807) is 34.1 Å². The minimum Gasteiger partial charge on any atom is -0.347 e. The summed E-state index contributed by atoms with van der Waals surface area (Å²) in [6.45, 7) is 4.49. The SMILES string of the molecule is CCn1cc(C(=O)Nc2ccc(-c3nc4ccc(C)cc4s3)cc2)c(=O)c2cc(F)ccc21. The van der Waals surface area contributed by atoms with Gasteiger partial charge in [0.25, 0.3) is 5.91 Å². The van der Waals surface area contributed by atoms with Crippen molar-refractivity contribution in [2.45, 2.75) is 20.4 Å². The molecule has 2 aromatic heterocycles. The zero-order chi connectivity index (χ0) is 23.1. The van der Waals surface area contributed by atoms with Gasteiger partial charge in [0.05, 0.1) is 15.7 Å². The number of nitrogens with zero attached hydrogens (tertiary/aromatic N) is 2. The van der Waals surface area contributed by atoms with E-state index in [4.69, 9.17) is 0 Å². The Balaban J connectivity index is 1.43. The third-order valence-electron chi connectivity index (χ3n) is 5.56. The molecule has 3 aromatic carbocycles. The number of aryl methyl sites for hydroxylation is 2. The van der Waals surface area contributed by atoms with Crippen molar-refractivity contribution in [3.8, 4) is 10.6 Å². The minimum absolute atomic E-state index is 0.0273. The molecule has 1 N–H and O–H groups in total. The molecule has 0 saturated heterocycles. The van der Waals surface area contributed by atoms with Crippen LogP contribution < -0.4 is 10.7 Å². The molecule has 0 aliphatic heterocycles. The number of thiazole rings is 1. The van der Waals surface area contributed by atoms with Crippen LogP contribution in [0.1, 0.15) is 22.8 Å². The Labute approximate surface area is 193 Å². The number of carbonyl (C=O) groups excluding carboxylic acids is 1. The number of aromatic nitrogens is 2. The number of halogens is 1. The number of fused-ring (bicyclic) bond motifs is 2. The fraction of sp³-hybridized carbons (Fsp3) is 0.115. The molecule has 5 rings (SSSR count). The summed E-state index contributed by atoms with van der Waals surface area (Å²) in [5.41, 5.74) is 3.72. The molecular formula is C26H20FN3O2S. The van der Waals surface area contributed by atoms with Gasteiger partial charge in [0.2, 0.25) is 5.43 Å². The molecule has 0 atom stereocenters. The van der Waals surface area contributed by atoms with E-state index in [1.165, 1.54) is 23.9 Å². The van der Waals surface area contributed by atoms with Gasteiger partial charge >= 0.3 is 0 Å². The molecule has 0 saturated carbocycles. The Morgan fingerprint density at radius 1 is 1.09 bits per heavy atom. The maximum atomic E-state index is 13.7. The van der Waals surface area contributed by atoms with Gasteiger partial charge in [-0.05, 0) is 74.0 Å². The Morgan fingerprint density at radius 3 is 2.64 bits per heavy atom. The molecule has 7 heteroatoms. The van der Waals surface area contributed by atoms with Gasteiger partial charge in [-0.15, -0.1) is 11.3 Å². The molecule has 0 aliphatic carbocycles. The maximum Gasteiger partial charge on any atom is 0.261 e. The lowest BCUT2D eigenvalue weighted by Crippen LogP contribution is -2.24. The predicted octanol–water partition coefficient (Wildman–Crippen LogP) is 6.00. The lowest BCUT2D eigenvalue weighted by molar-refractivity contribution is 0.102. The highest BCUT2D eigenvalue weighted by atomic mass is 32.1. The highest BCUT2D eigenvalue weighted by molar-refractivity contribution is 7.21. The van der Waals surface area contributed by atoms with Gasteiger partial charge in [0, 0.05) is 29.4 Å². The van der Waals surface area contributed by atoms with Gasteiger partial charge < -0.3 is 9.88 Å².